The third-order valence-corrected chi connectivity index (χ3v) is 5.78. The Bertz CT molecular complexity index is 1130. The number of amides is 2. The molecule has 0 aliphatic heterocycles. The lowest BCUT2D eigenvalue weighted by Crippen LogP contribution is -2.46. The van der Waals surface area contributed by atoms with Gasteiger partial charge in [0.2, 0.25) is 5.95 Å². The van der Waals surface area contributed by atoms with Crippen molar-refractivity contribution >= 4 is 28.8 Å². The van der Waals surface area contributed by atoms with E-state index in [0.717, 1.165) is 22.4 Å². The zero-order chi connectivity index (χ0) is 23.3. The number of para-hydroxylation sites is 2. The number of nitrogens with one attached hydrogen (secondary N) is 3. The molecule has 2 aromatic heterocycles. The molecule has 2 amide bonds. The first kappa shape index (κ1) is 22.0. The standard InChI is InChI=1S/C25H31N5O2/c1-23(2,3)18-13-15(14-19(28-18)24(4,5)6)20(31)30-25(11-12-25)21(32)29-22-26-16-9-7-8-10-17(16)27-22/h7-10,13-14H,11-12H2,1-6H3,(H,30,31)(H2,26,27,29,32). The van der Waals surface area contributed by atoms with E-state index in [1.807, 2.05) is 36.4 Å². The molecule has 0 saturated heterocycles. The average molecular weight is 434 g/mol. The monoisotopic (exact) mass is 433 g/mol. The molecule has 168 valence electrons. The number of benzene rings is 1. The summed E-state index contributed by atoms with van der Waals surface area (Å²) in [5, 5.41) is 5.80. The van der Waals surface area contributed by atoms with Crippen LogP contribution in [-0.4, -0.2) is 32.3 Å². The number of carbonyl (C=O) groups is 2. The van der Waals surface area contributed by atoms with E-state index < -0.39 is 5.54 Å². The Morgan fingerprint density at radius 1 is 0.938 bits per heavy atom. The van der Waals surface area contributed by atoms with Crippen LogP contribution in [0.1, 0.15) is 76.1 Å². The third-order valence-electron chi connectivity index (χ3n) is 5.78. The van der Waals surface area contributed by atoms with Crippen molar-refractivity contribution < 1.29 is 9.59 Å². The van der Waals surface area contributed by atoms with Gasteiger partial charge in [0.25, 0.3) is 11.8 Å². The minimum absolute atomic E-state index is 0.202. The van der Waals surface area contributed by atoms with E-state index in [1.165, 1.54) is 0 Å². The van der Waals surface area contributed by atoms with Crippen molar-refractivity contribution in [3.63, 3.8) is 0 Å². The Kier molecular flexibility index (Phi) is 5.11. The largest absolute Gasteiger partial charge is 0.338 e. The number of rotatable bonds is 4. The fourth-order valence-electron chi connectivity index (χ4n) is 3.49. The van der Waals surface area contributed by atoms with Gasteiger partial charge in [-0.1, -0.05) is 53.7 Å². The van der Waals surface area contributed by atoms with E-state index in [1.54, 1.807) is 0 Å². The van der Waals surface area contributed by atoms with Gasteiger partial charge in [-0.2, -0.15) is 0 Å². The fraction of sp³-hybridized carbons (Fsp3) is 0.440. The van der Waals surface area contributed by atoms with Crippen molar-refractivity contribution in [2.45, 2.75) is 70.8 Å². The molecule has 2 heterocycles. The molecule has 3 N–H and O–H groups in total. The molecule has 1 saturated carbocycles. The van der Waals surface area contributed by atoms with Crippen LogP contribution in [0.4, 0.5) is 5.95 Å². The number of hydrogen-bond donors (Lipinski definition) is 3. The molecular formula is C25H31N5O2. The van der Waals surface area contributed by atoms with Crippen molar-refractivity contribution in [3.8, 4) is 0 Å². The van der Waals surface area contributed by atoms with Gasteiger partial charge in [-0.25, -0.2) is 4.98 Å². The predicted octanol–water partition coefficient (Wildman–Crippen LogP) is 4.45. The molecule has 7 nitrogen and oxygen atoms in total. The summed E-state index contributed by atoms with van der Waals surface area (Å²) in [4.78, 5) is 38.5. The molecule has 4 rings (SSSR count). The summed E-state index contributed by atoms with van der Waals surface area (Å²) in [5.41, 5.74) is 2.54. The van der Waals surface area contributed by atoms with Crippen LogP contribution in [0.5, 0.6) is 0 Å². The van der Waals surface area contributed by atoms with E-state index >= 15 is 0 Å². The molecule has 3 aromatic rings. The minimum atomic E-state index is -0.914. The lowest BCUT2D eigenvalue weighted by molar-refractivity contribution is -0.118. The van der Waals surface area contributed by atoms with Crippen LogP contribution in [0, 0.1) is 0 Å². The fourth-order valence-corrected chi connectivity index (χ4v) is 3.49. The molecule has 1 aliphatic rings. The maximum Gasteiger partial charge on any atom is 0.252 e. The molecule has 1 aromatic carbocycles. The number of carbonyl (C=O) groups excluding carboxylic acids is 2. The van der Waals surface area contributed by atoms with Crippen LogP contribution in [0.15, 0.2) is 36.4 Å². The van der Waals surface area contributed by atoms with Crippen molar-refractivity contribution in [1.82, 2.24) is 20.3 Å². The second-order valence-electron chi connectivity index (χ2n) is 10.7. The van der Waals surface area contributed by atoms with E-state index in [9.17, 15) is 9.59 Å². The Morgan fingerprint density at radius 3 is 2.06 bits per heavy atom. The van der Waals surface area contributed by atoms with Gasteiger partial charge in [0.1, 0.15) is 5.54 Å². The molecule has 1 fully saturated rings. The maximum atomic E-state index is 13.2. The van der Waals surface area contributed by atoms with Crippen molar-refractivity contribution in [2.24, 2.45) is 0 Å². The second-order valence-corrected chi connectivity index (χ2v) is 10.7. The van der Waals surface area contributed by atoms with Crippen LogP contribution < -0.4 is 10.6 Å². The number of aromatic amines is 1. The topological polar surface area (TPSA) is 99.8 Å². The summed E-state index contributed by atoms with van der Waals surface area (Å²) < 4.78 is 0. The van der Waals surface area contributed by atoms with Crippen LogP contribution in [-0.2, 0) is 15.6 Å². The van der Waals surface area contributed by atoms with Gasteiger partial charge in [-0.3, -0.25) is 19.9 Å². The number of fused-ring (bicyclic) bond motifs is 1. The first-order chi connectivity index (χ1) is 14.9. The number of nitrogens with zero attached hydrogens (tertiary/aromatic N) is 2. The second kappa shape index (κ2) is 7.43. The van der Waals surface area contributed by atoms with Gasteiger partial charge >= 0.3 is 0 Å². The summed E-state index contributed by atoms with van der Waals surface area (Å²) in [5.74, 6) is -0.141. The molecule has 1 aliphatic carbocycles. The van der Waals surface area contributed by atoms with Crippen LogP contribution in [0.25, 0.3) is 11.0 Å². The first-order valence-electron chi connectivity index (χ1n) is 11.0. The normalized spacial score (nSPS) is 15.4. The Labute approximate surface area is 188 Å². The predicted molar refractivity (Wildman–Crippen MR) is 126 cm³/mol. The number of pyridine rings is 1. The van der Waals surface area contributed by atoms with Crippen molar-refractivity contribution in [1.29, 1.82) is 0 Å². The van der Waals surface area contributed by atoms with Gasteiger partial charge in [-0.15, -0.1) is 0 Å². The number of anilines is 1. The van der Waals surface area contributed by atoms with Crippen LogP contribution in [0.3, 0.4) is 0 Å². The zero-order valence-corrected chi connectivity index (χ0v) is 19.6. The number of H-pyrrole nitrogens is 1. The van der Waals surface area contributed by atoms with Gasteiger partial charge in [0.05, 0.1) is 11.0 Å². The minimum Gasteiger partial charge on any atom is -0.338 e. The van der Waals surface area contributed by atoms with Gasteiger partial charge < -0.3 is 10.3 Å². The van der Waals surface area contributed by atoms with E-state index in [0.29, 0.717) is 24.4 Å². The summed E-state index contributed by atoms with van der Waals surface area (Å²) in [6.07, 6.45) is 1.18. The van der Waals surface area contributed by atoms with Crippen molar-refractivity contribution in [3.05, 3.63) is 53.3 Å². The molecule has 0 atom stereocenters. The Balaban J connectivity index is 1.55. The molecule has 0 bridgehead atoms. The quantitative estimate of drug-likeness (QED) is 0.566. The first-order valence-corrected chi connectivity index (χ1v) is 11.0. The highest BCUT2D eigenvalue weighted by Gasteiger charge is 2.51. The Hall–Kier alpha value is -3.22. The number of hydrogen-bond acceptors (Lipinski definition) is 4. The lowest BCUT2D eigenvalue weighted by Gasteiger charge is -2.25. The highest BCUT2D eigenvalue weighted by Crippen LogP contribution is 2.37. The smallest absolute Gasteiger partial charge is 0.252 e. The van der Waals surface area contributed by atoms with Crippen molar-refractivity contribution in [2.75, 3.05) is 5.32 Å². The number of imidazole rings is 1. The van der Waals surface area contributed by atoms with Gasteiger partial charge in [0, 0.05) is 27.8 Å². The summed E-state index contributed by atoms with van der Waals surface area (Å²) in [6.45, 7) is 12.5. The third kappa shape index (κ3) is 4.38. The van der Waals surface area contributed by atoms with E-state index in [4.69, 9.17) is 4.98 Å². The zero-order valence-electron chi connectivity index (χ0n) is 19.6. The molecular weight excluding hydrogens is 402 g/mol. The van der Waals surface area contributed by atoms with Gasteiger partial charge in [-0.05, 0) is 37.1 Å². The Morgan fingerprint density at radius 2 is 1.53 bits per heavy atom. The molecule has 0 radical (unpaired) electrons. The summed E-state index contributed by atoms with van der Waals surface area (Å²) >= 11 is 0. The van der Waals surface area contributed by atoms with Crippen LogP contribution in [0.2, 0.25) is 0 Å². The maximum absolute atomic E-state index is 13.2. The van der Waals surface area contributed by atoms with E-state index in [-0.39, 0.29) is 22.6 Å². The van der Waals surface area contributed by atoms with Crippen LogP contribution >= 0.6 is 0 Å². The summed E-state index contributed by atoms with van der Waals surface area (Å²) in [6, 6.07) is 11.2. The van der Waals surface area contributed by atoms with Gasteiger partial charge in [0.15, 0.2) is 0 Å². The highest BCUT2D eigenvalue weighted by molar-refractivity contribution is 6.05. The molecule has 0 spiro atoms. The number of aromatic nitrogens is 3. The molecule has 7 heteroatoms. The molecule has 32 heavy (non-hydrogen) atoms. The SMILES string of the molecule is CC(C)(C)c1cc(C(=O)NC2(C(=O)Nc3nc4ccccc4[nH]3)CC2)cc(C(C)(C)C)n1. The summed E-state index contributed by atoms with van der Waals surface area (Å²) in [7, 11) is 0. The van der Waals surface area contributed by atoms with E-state index in [2.05, 4.69) is 62.1 Å². The lowest BCUT2D eigenvalue weighted by atomic mass is 9.86. The molecule has 0 unspecified atom stereocenters. The average Bonchev–Trinajstić information content (AvgIpc) is 3.37. The highest BCUT2D eigenvalue weighted by atomic mass is 16.2.